The Morgan fingerprint density at radius 2 is 1.18 bits per heavy atom. The number of aliphatic imine (C=N–C) groups is 1. The fourth-order valence-corrected chi connectivity index (χ4v) is 6.73. The molecule has 330 valence electrons. The number of benzene rings is 2. The van der Waals surface area contributed by atoms with E-state index in [1.54, 1.807) is 74.5 Å². The van der Waals surface area contributed by atoms with Gasteiger partial charge in [-0.25, -0.2) is 8.42 Å². The van der Waals surface area contributed by atoms with Crippen molar-refractivity contribution in [3.05, 3.63) is 71.8 Å². The van der Waals surface area contributed by atoms with Gasteiger partial charge < -0.3 is 48.7 Å². The first-order chi connectivity index (χ1) is 28.1. The van der Waals surface area contributed by atoms with Gasteiger partial charge in [-0.1, -0.05) is 74.5 Å². The number of hydrogen-bond acceptors (Lipinski definition) is 10. The van der Waals surface area contributed by atoms with E-state index in [0.29, 0.717) is 17.5 Å². The Morgan fingerprint density at radius 3 is 1.68 bits per heavy atom. The highest BCUT2D eigenvalue weighted by atomic mass is 32.2. The van der Waals surface area contributed by atoms with E-state index in [4.69, 9.17) is 17.2 Å². The lowest BCUT2D eigenvalue weighted by Gasteiger charge is -2.28. The van der Waals surface area contributed by atoms with Crippen LogP contribution in [0, 0.1) is 5.92 Å². The molecular weight excluding hydrogens is 797 g/mol. The fourth-order valence-electron chi connectivity index (χ4n) is 6.06. The molecular formula is C40H60N10O9S. The van der Waals surface area contributed by atoms with Crippen molar-refractivity contribution in [1.29, 1.82) is 0 Å². The van der Waals surface area contributed by atoms with Crippen molar-refractivity contribution in [1.82, 2.24) is 31.5 Å². The topological polar surface area (TPSA) is 307 Å². The Kier molecular flexibility index (Phi) is 20.7. The largest absolute Gasteiger partial charge is 0.370 e. The van der Waals surface area contributed by atoms with Crippen LogP contribution in [0.25, 0.3) is 0 Å². The number of primary amides is 1. The van der Waals surface area contributed by atoms with Crippen LogP contribution in [0.1, 0.15) is 57.6 Å². The summed E-state index contributed by atoms with van der Waals surface area (Å²) in [6, 6.07) is 11.7. The second-order valence-electron chi connectivity index (χ2n) is 15.0. The molecule has 20 heteroatoms. The van der Waals surface area contributed by atoms with Crippen LogP contribution < -0.4 is 43.8 Å². The first kappa shape index (κ1) is 50.1. The summed E-state index contributed by atoms with van der Waals surface area (Å²) in [5.41, 5.74) is 17.6. The molecule has 0 aromatic heterocycles. The van der Waals surface area contributed by atoms with Crippen LogP contribution in [0.4, 0.5) is 0 Å². The van der Waals surface area contributed by atoms with Gasteiger partial charge in [0.05, 0.1) is 12.3 Å². The third-order valence-electron chi connectivity index (χ3n) is 9.01. The molecule has 0 fully saturated rings. The van der Waals surface area contributed by atoms with E-state index in [2.05, 4.69) is 31.6 Å². The molecule has 60 heavy (non-hydrogen) atoms. The van der Waals surface area contributed by atoms with Crippen molar-refractivity contribution in [3.8, 4) is 0 Å². The number of nitrogens with two attached hydrogens (primary N) is 3. The Morgan fingerprint density at radius 1 is 0.683 bits per heavy atom. The summed E-state index contributed by atoms with van der Waals surface area (Å²) in [4.78, 5) is 97.6. The molecule has 0 radical (unpaired) electrons. The fraction of sp³-hybridized carbons (Fsp3) is 0.500. The Hall–Kier alpha value is -6.05. The predicted molar refractivity (Wildman–Crippen MR) is 226 cm³/mol. The van der Waals surface area contributed by atoms with E-state index in [1.807, 2.05) is 0 Å². The Labute approximate surface area is 351 Å². The van der Waals surface area contributed by atoms with Gasteiger partial charge in [-0.15, -0.1) is 0 Å². The lowest BCUT2D eigenvalue weighted by molar-refractivity contribution is -0.139. The average molecular weight is 857 g/mol. The lowest BCUT2D eigenvalue weighted by atomic mass is 10.0. The molecule has 0 unspecified atom stereocenters. The van der Waals surface area contributed by atoms with Crippen LogP contribution in [0.15, 0.2) is 65.7 Å². The highest BCUT2D eigenvalue weighted by Gasteiger charge is 2.32. The van der Waals surface area contributed by atoms with Gasteiger partial charge in [0.1, 0.15) is 40.0 Å². The van der Waals surface area contributed by atoms with E-state index >= 15 is 0 Å². The monoisotopic (exact) mass is 856 g/mol. The zero-order chi connectivity index (χ0) is 45.0. The molecule has 19 nitrogen and oxygen atoms in total. The van der Waals surface area contributed by atoms with Crippen LogP contribution >= 0.6 is 0 Å². The maximum absolute atomic E-state index is 14.2. The molecule has 0 saturated carbocycles. The van der Waals surface area contributed by atoms with Crippen molar-refractivity contribution in [2.24, 2.45) is 28.1 Å². The number of rotatable bonds is 25. The van der Waals surface area contributed by atoms with Gasteiger partial charge in [0, 0.05) is 39.6 Å². The van der Waals surface area contributed by atoms with Crippen molar-refractivity contribution in [2.75, 3.05) is 32.1 Å². The maximum Gasteiger partial charge on any atom is 0.245 e. The predicted octanol–water partition coefficient (Wildman–Crippen LogP) is -1.61. The standard InChI is InChI=1S/C40H60N10O9S/c1-25(2)21-31(37(55)47-29(35(41)53)18-20-60(5,58)59)46-34(52)24-50(4)39(57)33(23-28-15-10-7-11-16-28)49-38(56)32(22-27-13-8-6-9-14-27)48-36(54)30(45-26(3)51)17-12-19-44-40(42)43/h6-11,13-16,25,29-33H,12,17-24H2,1-5H3,(H2,41,53)(H,45,51)(H,46,52)(H,47,55)(H,48,54)(H,49,56)(H4,42,43,44)/t29-,30-,31-,32-,33-/m0/s1. The van der Waals surface area contributed by atoms with Crippen LogP contribution in [-0.2, 0) is 56.2 Å². The second-order valence-corrected chi connectivity index (χ2v) is 17.3. The maximum atomic E-state index is 14.2. The minimum absolute atomic E-state index is 0.00303. The third-order valence-corrected chi connectivity index (χ3v) is 9.98. The number of sulfone groups is 1. The molecule has 2 rings (SSSR count). The number of nitrogens with zero attached hydrogens (tertiary/aromatic N) is 2. The Bertz CT molecular complexity index is 1910. The summed E-state index contributed by atoms with van der Waals surface area (Å²) in [6.07, 6.45) is 1.36. The molecule has 0 heterocycles. The van der Waals surface area contributed by atoms with Crippen LogP contribution in [0.3, 0.4) is 0 Å². The number of nitrogens with one attached hydrogen (secondary N) is 5. The van der Waals surface area contributed by atoms with Crippen molar-refractivity contribution in [3.63, 3.8) is 0 Å². The first-order valence-corrected chi connectivity index (χ1v) is 21.5. The molecule has 0 spiro atoms. The summed E-state index contributed by atoms with van der Waals surface area (Å²) < 4.78 is 23.4. The number of hydrogen-bond donors (Lipinski definition) is 8. The van der Waals surface area contributed by atoms with E-state index in [9.17, 15) is 42.0 Å². The van der Waals surface area contributed by atoms with E-state index in [-0.39, 0.29) is 50.5 Å². The quantitative estimate of drug-likeness (QED) is 0.0319. The van der Waals surface area contributed by atoms with Gasteiger partial charge >= 0.3 is 0 Å². The summed E-state index contributed by atoms with van der Waals surface area (Å²) in [5.74, 6) is -5.60. The van der Waals surface area contributed by atoms with Crippen LogP contribution in [0.2, 0.25) is 0 Å². The molecule has 11 N–H and O–H groups in total. The molecule has 2 aromatic rings. The van der Waals surface area contributed by atoms with Gasteiger partial charge in [-0.05, 0) is 42.7 Å². The number of carbonyl (C=O) groups is 7. The molecule has 0 saturated heterocycles. The smallest absolute Gasteiger partial charge is 0.245 e. The minimum Gasteiger partial charge on any atom is -0.370 e. The highest BCUT2D eigenvalue weighted by molar-refractivity contribution is 7.90. The molecule has 0 aliphatic heterocycles. The van der Waals surface area contributed by atoms with E-state index < -0.39 is 93.7 Å². The molecule has 0 bridgehead atoms. The van der Waals surface area contributed by atoms with Gasteiger partial charge in [0.15, 0.2) is 5.96 Å². The molecule has 0 aliphatic carbocycles. The number of likely N-dealkylation sites (N-methyl/N-ethyl adjacent to an activating group) is 1. The SMILES string of the molecule is CC(=O)N[C@@H](CCCN=C(N)N)C(=O)N[C@@H](Cc1ccccc1)C(=O)N[C@@H](Cc1ccccc1)C(=O)N(C)CC(=O)N[C@@H](CC(C)C)C(=O)N[C@@H](CCS(C)(=O)=O)C(N)=O. The van der Waals surface area contributed by atoms with E-state index in [0.717, 1.165) is 11.2 Å². The van der Waals surface area contributed by atoms with Crippen LogP contribution in [-0.4, -0.2) is 123 Å². The minimum atomic E-state index is -3.48. The number of guanidine groups is 1. The van der Waals surface area contributed by atoms with Gasteiger partial charge in [-0.2, -0.15) is 0 Å². The molecule has 5 atom stereocenters. The Balaban J connectivity index is 2.34. The average Bonchev–Trinajstić information content (AvgIpc) is 3.16. The molecule has 7 amide bonds. The third kappa shape index (κ3) is 19.6. The number of carbonyl (C=O) groups excluding carboxylic acids is 7. The second kappa shape index (κ2) is 24.8. The molecule has 2 aromatic carbocycles. The summed E-state index contributed by atoms with van der Waals surface area (Å²) in [6.45, 7) is 4.51. The van der Waals surface area contributed by atoms with Crippen molar-refractivity contribution >= 4 is 57.1 Å². The van der Waals surface area contributed by atoms with Gasteiger partial charge in [-0.3, -0.25) is 38.6 Å². The molecule has 0 aliphatic rings. The van der Waals surface area contributed by atoms with Crippen LogP contribution in [0.5, 0.6) is 0 Å². The summed E-state index contributed by atoms with van der Waals surface area (Å²) >= 11 is 0. The number of amides is 7. The van der Waals surface area contributed by atoms with Crippen molar-refractivity contribution in [2.45, 2.75) is 89.5 Å². The normalized spacial score (nSPS) is 13.6. The van der Waals surface area contributed by atoms with E-state index in [1.165, 1.54) is 14.0 Å². The summed E-state index contributed by atoms with van der Waals surface area (Å²) in [5, 5.41) is 13.1. The highest BCUT2D eigenvalue weighted by Crippen LogP contribution is 2.11. The summed E-state index contributed by atoms with van der Waals surface area (Å²) in [7, 11) is -2.13. The lowest BCUT2D eigenvalue weighted by Crippen LogP contribution is -2.58. The van der Waals surface area contributed by atoms with Crippen molar-refractivity contribution < 1.29 is 42.0 Å². The zero-order valence-electron chi connectivity index (χ0n) is 34.8. The zero-order valence-corrected chi connectivity index (χ0v) is 35.6. The van der Waals surface area contributed by atoms with Gasteiger partial charge in [0.25, 0.3) is 0 Å². The first-order valence-electron chi connectivity index (χ1n) is 19.5. The van der Waals surface area contributed by atoms with Gasteiger partial charge in [0.2, 0.25) is 41.4 Å².